The van der Waals surface area contributed by atoms with Gasteiger partial charge in [0.25, 0.3) is 5.91 Å². The molecule has 1 aliphatic heterocycles. The summed E-state index contributed by atoms with van der Waals surface area (Å²) in [5.41, 5.74) is 3.91. The number of carbonyl (C=O) groups excluding carboxylic acids is 2. The third-order valence-electron chi connectivity index (χ3n) is 6.47. The van der Waals surface area contributed by atoms with E-state index in [1.807, 2.05) is 19.3 Å². The summed E-state index contributed by atoms with van der Waals surface area (Å²) >= 11 is 0. The Morgan fingerprint density at radius 2 is 1.95 bits per heavy atom. The van der Waals surface area contributed by atoms with Gasteiger partial charge in [-0.3, -0.25) is 24.2 Å². The number of fused-ring (bicyclic) bond motifs is 1. The number of anilines is 2. The number of H-pyrrole nitrogens is 1. The molecule has 1 unspecified atom stereocenters. The topological polar surface area (TPSA) is 121 Å². The van der Waals surface area contributed by atoms with E-state index in [9.17, 15) is 22.8 Å². The van der Waals surface area contributed by atoms with Crippen molar-refractivity contribution >= 4 is 34.2 Å². The molecule has 0 radical (unpaired) electrons. The minimum atomic E-state index is -4.26. The second kappa shape index (κ2) is 9.89. The Morgan fingerprint density at radius 3 is 2.66 bits per heavy atom. The Morgan fingerprint density at radius 1 is 1.13 bits per heavy atom. The highest BCUT2D eigenvalue weighted by molar-refractivity contribution is 6.06. The summed E-state index contributed by atoms with van der Waals surface area (Å²) < 4.78 is 40.4. The van der Waals surface area contributed by atoms with Gasteiger partial charge in [-0.1, -0.05) is 0 Å². The molecule has 3 N–H and O–H groups in total. The van der Waals surface area contributed by atoms with Crippen LogP contribution in [0.3, 0.4) is 0 Å². The van der Waals surface area contributed by atoms with E-state index in [0.717, 1.165) is 16.6 Å². The van der Waals surface area contributed by atoms with E-state index < -0.39 is 23.9 Å². The van der Waals surface area contributed by atoms with Crippen LogP contribution in [0, 0.1) is 12.8 Å². The molecular weight excluding hydrogens is 501 g/mol. The summed E-state index contributed by atoms with van der Waals surface area (Å²) in [6, 6.07) is 5.16. The van der Waals surface area contributed by atoms with Gasteiger partial charge in [0.15, 0.2) is 0 Å². The van der Waals surface area contributed by atoms with Gasteiger partial charge in [-0.15, -0.1) is 0 Å². The van der Waals surface area contributed by atoms with E-state index >= 15 is 0 Å². The van der Waals surface area contributed by atoms with Crippen LogP contribution in [0.2, 0.25) is 0 Å². The zero-order valence-corrected chi connectivity index (χ0v) is 20.6. The van der Waals surface area contributed by atoms with Gasteiger partial charge in [0, 0.05) is 36.9 Å². The van der Waals surface area contributed by atoms with Crippen LogP contribution in [0.15, 0.2) is 43.0 Å². The first-order valence-corrected chi connectivity index (χ1v) is 11.9. The molecule has 10 nitrogen and oxygen atoms in total. The molecule has 5 heterocycles. The van der Waals surface area contributed by atoms with Crippen molar-refractivity contribution in [2.45, 2.75) is 19.5 Å². The zero-order valence-electron chi connectivity index (χ0n) is 20.6. The number of nitrogens with one attached hydrogen (secondary N) is 3. The minimum Gasteiger partial charge on any atom is -0.339 e. The van der Waals surface area contributed by atoms with Gasteiger partial charge in [-0.25, -0.2) is 4.98 Å². The number of hydrogen-bond acceptors (Lipinski definition) is 6. The number of likely N-dealkylation sites (tertiary alicyclic amines) is 1. The van der Waals surface area contributed by atoms with Gasteiger partial charge in [0.05, 0.1) is 53.2 Å². The fraction of sp³-hybridized carbons (Fsp3) is 0.320. The van der Waals surface area contributed by atoms with Crippen LogP contribution in [0.4, 0.5) is 24.5 Å². The Labute approximate surface area is 215 Å². The number of rotatable bonds is 6. The number of aromatic nitrogens is 5. The van der Waals surface area contributed by atoms with Crippen molar-refractivity contribution < 1.29 is 22.8 Å². The van der Waals surface area contributed by atoms with E-state index in [0.29, 0.717) is 28.3 Å². The summed E-state index contributed by atoms with van der Waals surface area (Å²) in [5.74, 6) is -2.28. The highest BCUT2D eigenvalue weighted by Crippen LogP contribution is 2.33. The lowest BCUT2D eigenvalue weighted by Crippen LogP contribution is -2.33. The normalized spacial score (nSPS) is 16.2. The van der Waals surface area contributed by atoms with Gasteiger partial charge in [-0.05, 0) is 38.1 Å². The van der Waals surface area contributed by atoms with E-state index in [1.54, 1.807) is 29.9 Å². The van der Waals surface area contributed by atoms with Crippen molar-refractivity contribution in [1.82, 2.24) is 29.6 Å². The Kier molecular flexibility index (Phi) is 6.61. The highest BCUT2D eigenvalue weighted by atomic mass is 19.4. The SMILES string of the molecule is Cc1ncc(NC(=O)CN2CCC(C(F)(F)F)C2)cc1NC(=O)c1cnc2[nH]c(-c3cnn(C)c3)cc2c1. The molecule has 0 aromatic carbocycles. The maximum absolute atomic E-state index is 13.0. The van der Waals surface area contributed by atoms with Crippen LogP contribution in [-0.4, -0.2) is 67.3 Å². The van der Waals surface area contributed by atoms with Crippen molar-refractivity contribution in [2.75, 3.05) is 30.3 Å². The fourth-order valence-corrected chi connectivity index (χ4v) is 4.42. The molecule has 2 amide bonds. The van der Waals surface area contributed by atoms with Crippen molar-refractivity contribution in [2.24, 2.45) is 13.0 Å². The second-order valence-corrected chi connectivity index (χ2v) is 9.37. The molecule has 4 aromatic heterocycles. The monoisotopic (exact) mass is 526 g/mol. The first-order valence-electron chi connectivity index (χ1n) is 11.9. The largest absolute Gasteiger partial charge is 0.393 e. The molecule has 1 atom stereocenters. The van der Waals surface area contributed by atoms with Crippen LogP contribution < -0.4 is 10.6 Å². The maximum Gasteiger partial charge on any atom is 0.393 e. The summed E-state index contributed by atoms with van der Waals surface area (Å²) in [5, 5.41) is 10.4. The molecule has 198 valence electrons. The lowest BCUT2D eigenvalue weighted by Gasteiger charge is -2.17. The minimum absolute atomic E-state index is 0.0206. The van der Waals surface area contributed by atoms with Crippen LogP contribution in [-0.2, 0) is 11.8 Å². The van der Waals surface area contributed by atoms with Crippen LogP contribution >= 0.6 is 0 Å². The van der Waals surface area contributed by atoms with Gasteiger partial charge in [-0.2, -0.15) is 18.3 Å². The van der Waals surface area contributed by atoms with Gasteiger partial charge in [0.1, 0.15) is 5.65 Å². The van der Waals surface area contributed by atoms with E-state index in [1.165, 1.54) is 17.3 Å². The molecule has 0 aliphatic carbocycles. The Bertz CT molecular complexity index is 1510. The molecule has 13 heteroatoms. The molecule has 1 saturated heterocycles. The van der Waals surface area contributed by atoms with Crippen molar-refractivity contribution in [3.8, 4) is 11.3 Å². The third-order valence-corrected chi connectivity index (χ3v) is 6.47. The zero-order chi connectivity index (χ0) is 27.0. The number of amides is 2. The molecule has 0 bridgehead atoms. The quantitative estimate of drug-likeness (QED) is 0.352. The molecule has 38 heavy (non-hydrogen) atoms. The lowest BCUT2D eigenvalue weighted by atomic mass is 10.1. The molecule has 1 aliphatic rings. The highest BCUT2D eigenvalue weighted by Gasteiger charge is 2.43. The number of hydrogen-bond donors (Lipinski definition) is 3. The first kappa shape index (κ1) is 25.4. The number of aryl methyl sites for hydroxylation is 2. The third kappa shape index (κ3) is 5.52. The average Bonchev–Trinajstić information content (AvgIpc) is 3.59. The van der Waals surface area contributed by atoms with Crippen molar-refractivity contribution in [1.29, 1.82) is 0 Å². The predicted octanol–water partition coefficient (Wildman–Crippen LogP) is 3.74. The number of aromatic amines is 1. The van der Waals surface area contributed by atoms with Gasteiger partial charge < -0.3 is 15.6 Å². The standard InChI is InChI=1S/C25H25F3N8O2/c1-14-20(7-19(10-29-14)32-22(37)13-36-4-3-18(12-36)25(26,27)28)34-24(38)16-5-15-6-21(33-23(15)30-8-16)17-9-31-35(2)11-17/h5-11,18H,3-4,12-13H2,1-2H3,(H,30,33)(H,32,37)(H,34,38). The molecule has 0 saturated carbocycles. The molecular formula is C25H25F3N8O2. The number of pyridine rings is 2. The summed E-state index contributed by atoms with van der Waals surface area (Å²) in [6.45, 7) is 1.55. The second-order valence-electron chi connectivity index (χ2n) is 9.37. The van der Waals surface area contributed by atoms with Crippen LogP contribution in [0.25, 0.3) is 22.3 Å². The summed E-state index contributed by atoms with van der Waals surface area (Å²) in [4.78, 5) is 38.7. The van der Waals surface area contributed by atoms with Gasteiger partial charge >= 0.3 is 6.18 Å². The molecule has 1 fully saturated rings. The predicted molar refractivity (Wildman–Crippen MR) is 134 cm³/mol. The number of nitrogens with zero attached hydrogens (tertiary/aromatic N) is 5. The number of alkyl halides is 3. The fourth-order valence-electron chi connectivity index (χ4n) is 4.42. The Balaban J connectivity index is 1.24. The van der Waals surface area contributed by atoms with Crippen molar-refractivity contribution in [3.63, 3.8) is 0 Å². The number of carbonyl (C=O) groups is 2. The van der Waals surface area contributed by atoms with E-state index in [-0.39, 0.29) is 26.1 Å². The molecule has 0 spiro atoms. The number of halogens is 3. The smallest absolute Gasteiger partial charge is 0.339 e. The molecule has 4 aromatic rings. The summed E-state index contributed by atoms with van der Waals surface area (Å²) in [6.07, 6.45) is 2.20. The Hall–Kier alpha value is -4.26. The molecule has 5 rings (SSSR count). The lowest BCUT2D eigenvalue weighted by molar-refractivity contribution is -0.170. The summed E-state index contributed by atoms with van der Waals surface area (Å²) in [7, 11) is 1.82. The van der Waals surface area contributed by atoms with Crippen LogP contribution in [0.5, 0.6) is 0 Å². The average molecular weight is 527 g/mol. The van der Waals surface area contributed by atoms with Crippen LogP contribution in [0.1, 0.15) is 22.5 Å². The van der Waals surface area contributed by atoms with Gasteiger partial charge in [0.2, 0.25) is 5.91 Å². The van der Waals surface area contributed by atoms with E-state index in [4.69, 9.17) is 0 Å². The van der Waals surface area contributed by atoms with E-state index in [2.05, 4.69) is 30.7 Å². The maximum atomic E-state index is 13.0. The first-order chi connectivity index (χ1) is 18.0. The van der Waals surface area contributed by atoms with Crippen molar-refractivity contribution in [3.05, 3.63) is 54.2 Å².